The summed E-state index contributed by atoms with van der Waals surface area (Å²) >= 11 is 0. The first-order chi connectivity index (χ1) is 16.4. The van der Waals surface area contributed by atoms with Gasteiger partial charge in [-0.2, -0.15) is 13.2 Å². The van der Waals surface area contributed by atoms with Gasteiger partial charge in [0.05, 0.1) is 37.1 Å². The smallest absolute Gasteiger partial charge is 0.416 e. The third-order valence-electron chi connectivity index (χ3n) is 5.56. The molecule has 5 rings (SSSR count). The summed E-state index contributed by atoms with van der Waals surface area (Å²) in [7, 11) is 0. The van der Waals surface area contributed by atoms with Crippen LogP contribution >= 0.6 is 0 Å². The van der Waals surface area contributed by atoms with Crippen LogP contribution in [0.1, 0.15) is 5.56 Å². The van der Waals surface area contributed by atoms with Crippen molar-refractivity contribution in [1.29, 1.82) is 0 Å². The highest BCUT2D eigenvalue weighted by molar-refractivity contribution is 5.89. The zero-order valence-electron chi connectivity index (χ0n) is 17.6. The molecule has 2 aliphatic rings. The largest absolute Gasteiger partial charge is 0.463 e. The van der Waals surface area contributed by atoms with Crippen molar-refractivity contribution >= 4 is 17.7 Å². The lowest BCUT2D eigenvalue weighted by atomic mass is 10.1. The summed E-state index contributed by atoms with van der Waals surface area (Å²) in [6.07, 6.45) is -2.13. The van der Waals surface area contributed by atoms with Gasteiger partial charge in [0, 0.05) is 11.9 Å². The van der Waals surface area contributed by atoms with Gasteiger partial charge in [-0.15, -0.1) is 0 Å². The van der Waals surface area contributed by atoms with Crippen LogP contribution in [0, 0.1) is 0 Å². The number of nitrogens with zero attached hydrogens (tertiary/aromatic N) is 2. The minimum absolute atomic E-state index is 0.0308. The van der Waals surface area contributed by atoms with E-state index in [4.69, 9.17) is 13.9 Å². The highest BCUT2D eigenvalue weighted by atomic mass is 19.4. The number of furan rings is 1. The molecule has 0 aliphatic carbocycles. The summed E-state index contributed by atoms with van der Waals surface area (Å²) in [6, 6.07) is 8.33. The second-order valence-corrected chi connectivity index (χ2v) is 7.87. The number of carbonyl (C=O) groups excluding carboxylic acids is 1. The molecule has 9 nitrogen and oxygen atoms in total. The molecule has 2 fully saturated rings. The fourth-order valence-electron chi connectivity index (χ4n) is 4.01. The van der Waals surface area contributed by atoms with Crippen LogP contribution in [-0.4, -0.2) is 53.5 Å². The first kappa shape index (κ1) is 22.2. The number of hydrogen-bond donors (Lipinski definition) is 3. The van der Waals surface area contributed by atoms with Gasteiger partial charge in [-0.3, -0.25) is 0 Å². The maximum Gasteiger partial charge on any atom is 0.416 e. The van der Waals surface area contributed by atoms with Crippen LogP contribution in [0.3, 0.4) is 0 Å². The molecule has 3 aromatic rings. The molecule has 2 amide bonds. The standard InChI is InChI=1S/C22H20F3N5O4/c23-22(24,25)12-3-1-4-13(9-12)27-21(31)30-16-11-34-18-15(10-33-19(16)18)29-20-26-7-6-14(28-20)17-5-2-8-32-17/h1-9,15-16,18-19H,10-11H2,(H,26,28,29)(H2,27,30,31)/t15-,16+,18-,19+/m0/s1. The van der Waals surface area contributed by atoms with Crippen LogP contribution in [0.5, 0.6) is 0 Å². The number of amides is 2. The predicted octanol–water partition coefficient (Wildman–Crippen LogP) is 3.52. The number of halogens is 3. The fraction of sp³-hybridized carbons (Fsp3) is 0.318. The van der Waals surface area contributed by atoms with Crippen molar-refractivity contribution in [3.8, 4) is 11.5 Å². The Bertz CT molecular complexity index is 1160. The topological polar surface area (TPSA) is 111 Å². The van der Waals surface area contributed by atoms with E-state index in [0.29, 0.717) is 24.0 Å². The minimum atomic E-state index is -4.50. The number of carbonyl (C=O) groups is 1. The predicted molar refractivity (Wildman–Crippen MR) is 114 cm³/mol. The molecule has 4 atom stereocenters. The first-order valence-electron chi connectivity index (χ1n) is 10.5. The maximum atomic E-state index is 12.9. The quantitative estimate of drug-likeness (QED) is 0.518. The molecule has 3 N–H and O–H groups in total. The van der Waals surface area contributed by atoms with E-state index in [1.807, 2.05) is 0 Å². The Kier molecular flexibility index (Phi) is 5.84. The maximum absolute atomic E-state index is 12.9. The first-order valence-corrected chi connectivity index (χ1v) is 10.5. The average molecular weight is 475 g/mol. The molecule has 0 radical (unpaired) electrons. The van der Waals surface area contributed by atoms with Crippen molar-refractivity contribution < 1.29 is 31.9 Å². The summed E-state index contributed by atoms with van der Waals surface area (Å²) in [6.45, 7) is 0.494. The lowest BCUT2D eigenvalue weighted by Gasteiger charge is -2.19. The molecule has 12 heteroatoms. The number of aromatic nitrogens is 2. The third kappa shape index (κ3) is 4.68. The van der Waals surface area contributed by atoms with Crippen molar-refractivity contribution in [3.05, 3.63) is 60.5 Å². The molecular formula is C22H20F3N5O4. The number of anilines is 2. The molecule has 0 spiro atoms. The number of alkyl halides is 3. The molecule has 0 bridgehead atoms. The molecule has 2 aliphatic heterocycles. The normalized spacial score (nSPS) is 24.0. The molecule has 2 aromatic heterocycles. The lowest BCUT2D eigenvalue weighted by Crippen LogP contribution is -2.46. The third-order valence-corrected chi connectivity index (χ3v) is 5.56. The average Bonchev–Trinajstić information content (AvgIpc) is 3.54. The van der Waals surface area contributed by atoms with Gasteiger partial charge in [-0.05, 0) is 36.4 Å². The molecule has 0 saturated carbocycles. The van der Waals surface area contributed by atoms with E-state index < -0.39 is 29.9 Å². The fourth-order valence-corrected chi connectivity index (χ4v) is 4.01. The molecule has 1 aromatic carbocycles. The second kappa shape index (κ2) is 8.95. The Hall–Kier alpha value is -3.64. The number of rotatable bonds is 5. The van der Waals surface area contributed by atoms with Gasteiger partial charge in [-0.25, -0.2) is 14.8 Å². The van der Waals surface area contributed by atoms with Crippen molar-refractivity contribution in [1.82, 2.24) is 15.3 Å². The molecule has 4 heterocycles. The van der Waals surface area contributed by atoms with E-state index in [1.54, 1.807) is 30.7 Å². The summed E-state index contributed by atoms with van der Waals surface area (Å²) in [5.41, 5.74) is -0.194. The van der Waals surface area contributed by atoms with E-state index in [0.717, 1.165) is 12.1 Å². The summed E-state index contributed by atoms with van der Waals surface area (Å²) in [5.74, 6) is 0.990. The Balaban J connectivity index is 1.18. The number of benzene rings is 1. The van der Waals surface area contributed by atoms with Gasteiger partial charge >= 0.3 is 12.2 Å². The molecule has 2 saturated heterocycles. The number of fused-ring (bicyclic) bond motifs is 1. The van der Waals surface area contributed by atoms with Crippen molar-refractivity contribution in [2.45, 2.75) is 30.5 Å². The number of urea groups is 1. The molecule has 0 unspecified atom stereocenters. The van der Waals surface area contributed by atoms with E-state index in [-0.39, 0.29) is 24.4 Å². The summed E-state index contributed by atoms with van der Waals surface area (Å²) in [5, 5.41) is 8.34. The highest BCUT2D eigenvalue weighted by Crippen LogP contribution is 2.31. The van der Waals surface area contributed by atoms with Crippen LogP contribution in [0.2, 0.25) is 0 Å². The molecule has 34 heavy (non-hydrogen) atoms. The van der Waals surface area contributed by atoms with E-state index in [1.165, 1.54) is 12.1 Å². The van der Waals surface area contributed by atoms with Crippen LogP contribution in [0.4, 0.5) is 29.6 Å². The van der Waals surface area contributed by atoms with E-state index in [2.05, 4.69) is 25.9 Å². The zero-order chi connectivity index (χ0) is 23.7. The van der Waals surface area contributed by atoms with Gasteiger partial charge in [0.15, 0.2) is 5.76 Å². The van der Waals surface area contributed by atoms with E-state index in [9.17, 15) is 18.0 Å². The Morgan fingerprint density at radius 2 is 1.82 bits per heavy atom. The number of hydrogen-bond acceptors (Lipinski definition) is 7. The SMILES string of the molecule is O=C(Nc1cccc(C(F)(F)F)c1)N[C@@H]1CO[C@@H]2[C@@H]1OC[C@@H]2Nc1nccc(-c2ccco2)n1. The molecular weight excluding hydrogens is 455 g/mol. The second-order valence-electron chi connectivity index (χ2n) is 7.87. The van der Waals surface area contributed by atoms with Crippen LogP contribution in [0.25, 0.3) is 11.5 Å². The highest BCUT2D eigenvalue weighted by Gasteiger charge is 2.48. The van der Waals surface area contributed by atoms with Gasteiger partial charge in [0.2, 0.25) is 5.95 Å². The van der Waals surface area contributed by atoms with Crippen LogP contribution in [0.15, 0.2) is 59.3 Å². The van der Waals surface area contributed by atoms with Crippen molar-refractivity contribution in [2.75, 3.05) is 23.8 Å². The minimum Gasteiger partial charge on any atom is -0.463 e. The van der Waals surface area contributed by atoms with Crippen LogP contribution in [-0.2, 0) is 15.7 Å². The van der Waals surface area contributed by atoms with Crippen LogP contribution < -0.4 is 16.0 Å². The van der Waals surface area contributed by atoms with E-state index >= 15 is 0 Å². The molecule has 178 valence electrons. The number of nitrogens with one attached hydrogen (secondary N) is 3. The Labute approximate surface area is 191 Å². The van der Waals surface area contributed by atoms with Gasteiger partial charge in [-0.1, -0.05) is 6.07 Å². The van der Waals surface area contributed by atoms with Gasteiger partial charge in [0.25, 0.3) is 0 Å². The van der Waals surface area contributed by atoms with Gasteiger partial charge in [0.1, 0.15) is 17.9 Å². The monoisotopic (exact) mass is 475 g/mol. The zero-order valence-corrected chi connectivity index (χ0v) is 17.6. The lowest BCUT2D eigenvalue weighted by molar-refractivity contribution is -0.137. The summed E-state index contributed by atoms with van der Waals surface area (Å²) in [4.78, 5) is 21.1. The summed E-state index contributed by atoms with van der Waals surface area (Å²) < 4.78 is 55.7. The van der Waals surface area contributed by atoms with Gasteiger partial charge < -0.3 is 29.8 Å². The Morgan fingerprint density at radius 3 is 2.59 bits per heavy atom. The van der Waals surface area contributed by atoms with Crippen molar-refractivity contribution in [2.24, 2.45) is 0 Å². The number of ether oxygens (including phenoxy) is 2. The van der Waals surface area contributed by atoms with Crippen molar-refractivity contribution in [3.63, 3.8) is 0 Å². The Morgan fingerprint density at radius 1 is 1.03 bits per heavy atom.